The minimum absolute atomic E-state index is 0.103. The van der Waals surface area contributed by atoms with E-state index in [1.54, 1.807) is 4.57 Å². The zero-order chi connectivity index (χ0) is 13.7. The van der Waals surface area contributed by atoms with Gasteiger partial charge in [-0.3, -0.25) is 4.57 Å². The van der Waals surface area contributed by atoms with Crippen molar-refractivity contribution in [1.82, 2.24) is 4.57 Å². The van der Waals surface area contributed by atoms with Crippen LogP contribution in [0.1, 0.15) is 46.6 Å². The Morgan fingerprint density at radius 3 is 2.50 bits per heavy atom. The molecule has 1 rings (SSSR count). The first kappa shape index (κ1) is 14.6. The molecule has 0 aliphatic rings. The summed E-state index contributed by atoms with van der Waals surface area (Å²) >= 11 is 0. The number of carbonyl (C=O) groups is 1. The molecule has 0 N–H and O–H groups in total. The average molecular weight is 249 g/mol. The van der Waals surface area contributed by atoms with Crippen molar-refractivity contribution in [3.05, 3.63) is 22.3 Å². The normalized spacial score (nSPS) is 13.4. The van der Waals surface area contributed by atoms with Gasteiger partial charge < -0.3 is 4.74 Å². The number of carbonyl (C=O) groups excluding carboxylic acids is 1. The summed E-state index contributed by atoms with van der Waals surface area (Å²) in [5.74, 6) is 0. The van der Waals surface area contributed by atoms with Gasteiger partial charge in [0, 0.05) is 6.20 Å². The van der Waals surface area contributed by atoms with Gasteiger partial charge in [-0.05, 0) is 44.9 Å². The van der Waals surface area contributed by atoms with Crippen molar-refractivity contribution in [3.63, 3.8) is 0 Å². The monoisotopic (exact) mass is 249 g/mol. The lowest BCUT2D eigenvalue weighted by Crippen LogP contribution is -2.34. The van der Waals surface area contributed by atoms with Crippen molar-refractivity contribution in [1.29, 1.82) is 0 Å². The molecule has 0 spiro atoms. The number of aryl methyl sites for hydroxylation is 1. The van der Waals surface area contributed by atoms with Crippen LogP contribution in [0.4, 0.5) is 4.79 Å². The lowest BCUT2D eigenvalue weighted by Gasteiger charge is -2.08. The summed E-state index contributed by atoms with van der Waals surface area (Å²) in [5, 5.41) is 2.06. The van der Waals surface area contributed by atoms with E-state index in [0.29, 0.717) is 0 Å². The number of rotatable bonds is 3. The van der Waals surface area contributed by atoms with E-state index in [9.17, 15) is 4.79 Å². The maximum absolute atomic E-state index is 12.0. The van der Waals surface area contributed by atoms with Gasteiger partial charge in [0.05, 0.1) is 11.5 Å². The summed E-state index contributed by atoms with van der Waals surface area (Å²) in [4.78, 5) is 12.0. The van der Waals surface area contributed by atoms with E-state index in [1.807, 2.05) is 40.0 Å². The molecule has 0 amide bonds. The highest BCUT2D eigenvalue weighted by atomic mass is 16.6. The molecular formula is C15H23NO2. The molecule has 18 heavy (non-hydrogen) atoms. The van der Waals surface area contributed by atoms with Crippen molar-refractivity contribution in [2.24, 2.45) is 0 Å². The summed E-state index contributed by atoms with van der Waals surface area (Å²) in [7, 11) is 0. The van der Waals surface area contributed by atoms with E-state index in [2.05, 4.69) is 13.0 Å². The Kier molecular flexibility index (Phi) is 5.20. The molecule has 0 saturated heterocycles. The summed E-state index contributed by atoms with van der Waals surface area (Å²) in [6.07, 6.45) is 7.54. The van der Waals surface area contributed by atoms with E-state index < -0.39 is 0 Å². The van der Waals surface area contributed by atoms with Crippen LogP contribution in [0.25, 0.3) is 12.2 Å². The molecule has 0 radical (unpaired) electrons. The molecule has 0 aliphatic heterocycles. The van der Waals surface area contributed by atoms with Crippen molar-refractivity contribution >= 4 is 18.2 Å². The van der Waals surface area contributed by atoms with E-state index >= 15 is 0 Å². The van der Waals surface area contributed by atoms with E-state index in [0.717, 1.165) is 23.4 Å². The Labute approximate surface area is 109 Å². The molecule has 0 bridgehead atoms. The Balaban J connectivity index is 3.34. The zero-order valence-electron chi connectivity index (χ0n) is 12.0. The molecule has 100 valence electrons. The van der Waals surface area contributed by atoms with Crippen LogP contribution >= 0.6 is 0 Å². The van der Waals surface area contributed by atoms with Gasteiger partial charge in [-0.2, -0.15) is 0 Å². The van der Waals surface area contributed by atoms with E-state index in [4.69, 9.17) is 4.74 Å². The van der Waals surface area contributed by atoms with Crippen molar-refractivity contribution in [3.8, 4) is 0 Å². The molecule has 0 fully saturated rings. The van der Waals surface area contributed by atoms with Gasteiger partial charge in [0.2, 0.25) is 0 Å². The fraction of sp³-hybridized carbons (Fsp3) is 0.533. The molecule has 0 atom stereocenters. The molecule has 1 heterocycles. The summed E-state index contributed by atoms with van der Waals surface area (Å²) < 4.78 is 6.87. The van der Waals surface area contributed by atoms with Crippen molar-refractivity contribution < 1.29 is 9.53 Å². The first-order valence-corrected chi connectivity index (χ1v) is 6.59. The van der Waals surface area contributed by atoms with Crippen molar-refractivity contribution in [2.45, 2.75) is 53.6 Å². The van der Waals surface area contributed by atoms with Gasteiger partial charge >= 0.3 is 6.09 Å². The van der Waals surface area contributed by atoms with Crippen LogP contribution in [0.15, 0.2) is 6.20 Å². The highest BCUT2D eigenvalue weighted by Crippen LogP contribution is 1.99. The van der Waals surface area contributed by atoms with Gasteiger partial charge in [0.25, 0.3) is 0 Å². The smallest absolute Gasteiger partial charge is 0.418 e. The van der Waals surface area contributed by atoms with Crippen LogP contribution < -0.4 is 10.6 Å². The van der Waals surface area contributed by atoms with Crippen LogP contribution in [0.2, 0.25) is 0 Å². The largest absolute Gasteiger partial charge is 0.446 e. The minimum atomic E-state index is -0.302. The van der Waals surface area contributed by atoms with Gasteiger partial charge in [-0.25, -0.2) is 4.79 Å². The Hall–Kier alpha value is -1.51. The minimum Gasteiger partial charge on any atom is -0.446 e. The van der Waals surface area contributed by atoms with Crippen LogP contribution in [0.5, 0.6) is 0 Å². The highest BCUT2D eigenvalue weighted by molar-refractivity contribution is 5.71. The second kappa shape index (κ2) is 6.43. The average Bonchev–Trinajstić information content (AvgIpc) is 2.66. The Bertz CT molecular complexity index is 523. The predicted octanol–water partition coefficient (Wildman–Crippen LogP) is 2.43. The number of hydrogen-bond acceptors (Lipinski definition) is 2. The van der Waals surface area contributed by atoms with Gasteiger partial charge in [-0.1, -0.05) is 25.5 Å². The van der Waals surface area contributed by atoms with Gasteiger partial charge in [0.15, 0.2) is 0 Å². The highest BCUT2D eigenvalue weighted by Gasteiger charge is 2.12. The third-order valence-corrected chi connectivity index (χ3v) is 2.78. The number of nitrogens with zero attached hydrogens (tertiary/aromatic N) is 1. The quantitative estimate of drug-likeness (QED) is 0.824. The Morgan fingerprint density at radius 1 is 1.39 bits per heavy atom. The number of hydrogen-bond donors (Lipinski definition) is 0. The molecule has 0 unspecified atom stereocenters. The lowest BCUT2D eigenvalue weighted by molar-refractivity contribution is 0.116. The second-order valence-corrected chi connectivity index (χ2v) is 4.58. The summed E-state index contributed by atoms with van der Waals surface area (Å²) in [5.41, 5.74) is 1.20. The van der Waals surface area contributed by atoms with Crippen LogP contribution in [-0.4, -0.2) is 16.8 Å². The first-order valence-electron chi connectivity index (χ1n) is 6.59. The standard InChI is InChI=1S/C15H23NO2/c1-6-9-12-10-16(15(17)18-11(4)5)14(8-3)13(12)7-2/h7-8,10-11H,6,9H2,1-5H3/b13-7-,14-8+. The third kappa shape index (κ3) is 3.03. The molecule has 0 aromatic carbocycles. The van der Waals surface area contributed by atoms with Crippen LogP contribution in [-0.2, 0) is 11.2 Å². The lowest BCUT2D eigenvalue weighted by atomic mass is 10.1. The maximum atomic E-state index is 12.0. The zero-order valence-corrected chi connectivity index (χ0v) is 12.0. The fourth-order valence-electron chi connectivity index (χ4n) is 2.10. The molecular weight excluding hydrogens is 226 g/mol. The topological polar surface area (TPSA) is 31.2 Å². The molecule has 3 heteroatoms. The summed E-state index contributed by atoms with van der Waals surface area (Å²) in [6.45, 7) is 9.79. The van der Waals surface area contributed by atoms with E-state index in [-0.39, 0.29) is 12.2 Å². The van der Waals surface area contributed by atoms with Gasteiger partial charge in [0.1, 0.15) is 0 Å². The molecule has 0 aliphatic carbocycles. The SMILES string of the molecule is C/C=c1/c(CCC)cn(C(=O)OC(C)C)/c1=C/C. The fourth-order valence-corrected chi connectivity index (χ4v) is 2.10. The first-order chi connectivity index (χ1) is 8.54. The van der Waals surface area contributed by atoms with Crippen LogP contribution in [0.3, 0.4) is 0 Å². The number of ether oxygens (including phenoxy) is 1. The van der Waals surface area contributed by atoms with Crippen molar-refractivity contribution in [2.75, 3.05) is 0 Å². The van der Waals surface area contributed by atoms with Crippen LogP contribution in [0, 0.1) is 0 Å². The molecule has 1 aromatic rings. The molecule has 3 nitrogen and oxygen atoms in total. The van der Waals surface area contributed by atoms with Gasteiger partial charge in [-0.15, -0.1) is 0 Å². The predicted molar refractivity (Wildman–Crippen MR) is 75.0 cm³/mol. The molecule has 0 saturated carbocycles. The third-order valence-electron chi connectivity index (χ3n) is 2.78. The molecule has 1 aromatic heterocycles. The summed E-state index contributed by atoms with van der Waals surface area (Å²) in [6, 6.07) is 0. The number of aromatic nitrogens is 1. The maximum Gasteiger partial charge on any atom is 0.418 e. The Morgan fingerprint density at radius 2 is 2.06 bits per heavy atom. The second-order valence-electron chi connectivity index (χ2n) is 4.58. The van der Waals surface area contributed by atoms with E-state index in [1.165, 1.54) is 5.56 Å².